The summed E-state index contributed by atoms with van der Waals surface area (Å²) in [5, 5.41) is 3.78. The van der Waals surface area contributed by atoms with Gasteiger partial charge in [-0.05, 0) is 48.9 Å². The Morgan fingerprint density at radius 2 is 1.88 bits per heavy atom. The van der Waals surface area contributed by atoms with E-state index in [1.807, 2.05) is 55.5 Å². The number of rotatable bonds is 4. The quantitative estimate of drug-likeness (QED) is 0.605. The fourth-order valence-electron chi connectivity index (χ4n) is 2.84. The number of para-hydroxylation sites is 1. The Kier molecular flexibility index (Phi) is 4.19. The van der Waals surface area contributed by atoms with Gasteiger partial charge in [-0.3, -0.25) is 9.78 Å². The van der Waals surface area contributed by atoms with Crippen molar-refractivity contribution in [2.45, 2.75) is 13.5 Å². The van der Waals surface area contributed by atoms with Crippen molar-refractivity contribution in [3.05, 3.63) is 83.9 Å². The summed E-state index contributed by atoms with van der Waals surface area (Å²) < 4.78 is 5.68. The Morgan fingerprint density at radius 1 is 1.08 bits per heavy atom. The molecule has 0 radical (unpaired) electrons. The van der Waals surface area contributed by atoms with Crippen molar-refractivity contribution >= 4 is 16.8 Å². The molecule has 0 atom stereocenters. The van der Waals surface area contributed by atoms with Crippen molar-refractivity contribution in [1.29, 1.82) is 0 Å². The minimum atomic E-state index is -0.148. The van der Waals surface area contributed by atoms with E-state index in [0.29, 0.717) is 23.6 Å². The molecule has 0 saturated heterocycles. The van der Waals surface area contributed by atoms with E-state index in [2.05, 4.69) is 15.3 Å². The van der Waals surface area contributed by atoms with Crippen LogP contribution in [0.5, 0.6) is 0 Å². The number of nitrogens with zero attached hydrogens (tertiary/aromatic N) is 2. The SMILES string of the molecule is Cc1ccc(-c2cc(C(=O)NCc3ccncc3)c3ccccc3n2)o1. The Hall–Kier alpha value is -3.47. The third-order valence-corrected chi connectivity index (χ3v) is 4.16. The minimum Gasteiger partial charge on any atom is -0.460 e. The Bertz CT molecular complexity index is 1070. The zero-order valence-electron chi connectivity index (χ0n) is 14.3. The van der Waals surface area contributed by atoms with E-state index in [1.165, 1.54) is 0 Å². The summed E-state index contributed by atoms with van der Waals surface area (Å²) in [6.45, 7) is 2.32. The standard InChI is InChI=1S/C21H17N3O2/c1-14-6-7-20(26-14)19-12-17(16-4-2-3-5-18(16)24-19)21(25)23-13-15-8-10-22-11-9-15/h2-12H,13H2,1H3,(H,23,25). The first-order valence-electron chi connectivity index (χ1n) is 8.34. The van der Waals surface area contributed by atoms with E-state index < -0.39 is 0 Å². The second-order valence-corrected chi connectivity index (χ2v) is 6.02. The van der Waals surface area contributed by atoms with Crippen LogP contribution in [0.3, 0.4) is 0 Å². The molecule has 0 bridgehead atoms. The predicted molar refractivity (Wildman–Crippen MR) is 99.6 cm³/mol. The van der Waals surface area contributed by atoms with Crippen LogP contribution in [-0.4, -0.2) is 15.9 Å². The number of benzene rings is 1. The fraction of sp³-hybridized carbons (Fsp3) is 0.0952. The van der Waals surface area contributed by atoms with Crippen molar-refractivity contribution in [1.82, 2.24) is 15.3 Å². The molecule has 0 fully saturated rings. The van der Waals surface area contributed by atoms with Crippen LogP contribution in [0.1, 0.15) is 21.7 Å². The average molecular weight is 343 g/mol. The Morgan fingerprint density at radius 3 is 2.65 bits per heavy atom. The molecule has 5 nitrogen and oxygen atoms in total. The second-order valence-electron chi connectivity index (χ2n) is 6.02. The molecule has 1 amide bonds. The van der Waals surface area contributed by atoms with Crippen molar-refractivity contribution in [2.75, 3.05) is 0 Å². The Balaban J connectivity index is 1.71. The molecule has 1 N–H and O–H groups in total. The number of hydrogen-bond acceptors (Lipinski definition) is 4. The highest BCUT2D eigenvalue weighted by molar-refractivity contribution is 6.07. The van der Waals surface area contributed by atoms with Crippen LogP contribution in [0.4, 0.5) is 0 Å². The van der Waals surface area contributed by atoms with Crippen LogP contribution in [-0.2, 0) is 6.54 Å². The fourth-order valence-corrected chi connectivity index (χ4v) is 2.84. The number of furan rings is 1. The summed E-state index contributed by atoms with van der Waals surface area (Å²) in [7, 11) is 0. The number of aryl methyl sites for hydroxylation is 1. The summed E-state index contributed by atoms with van der Waals surface area (Å²) in [4.78, 5) is 21.5. The first-order chi connectivity index (χ1) is 12.7. The molecule has 5 heteroatoms. The van der Waals surface area contributed by atoms with Crippen molar-refractivity contribution in [2.24, 2.45) is 0 Å². The van der Waals surface area contributed by atoms with Gasteiger partial charge in [-0.1, -0.05) is 18.2 Å². The predicted octanol–water partition coefficient (Wildman–Crippen LogP) is 4.13. The maximum atomic E-state index is 12.8. The molecule has 3 aromatic heterocycles. The summed E-state index contributed by atoms with van der Waals surface area (Å²) in [5.41, 5.74) is 2.97. The highest BCUT2D eigenvalue weighted by Gasteiger charge is 2.15. The van der Waals surface area contributed by atoms with E-state index in [-0.39, 0.29) is 5.91 Å². The zero-order valence-corrected chi connectivity index (χ0v) is 14.3. The number of aromatic nitrogens is 2. The van der Waals surface area contributed by atoms with Gasteiger partial charge in [0.05, 0.1) is 11.1 Å². The monoisotopic (exact) mass is 343 g/mol. The molecule has 0 aliphatic heterocycles. The smallest absolute Gasteiger partial charge is 0.252 e. The molecule has 0 saturated carbocycles. The van der Waals surface area contributed by atoms with Crippen LogP contribution in [0.15, 0.2) is 71.4 Å². The molecule has 26 heavy (non-hydrogen) atoms. The number of amides is 1. The lowest BCUT2D eigenvalue weighted by molar-refractivity contribution is 0.0952. The van der Waals surface area contributed by atoms with Crippen LogP contribution in [0, 0.1) is 6.92 Å². The van der Waals surface area contributed by atoms with E-state index in [9.17, 15) is 4.79 Å². The van der Waals surface area contributed by atoms with Crippen LogP contribution in [0.25, 0.3) is 22.4 Å². The maximum absolute atomic E-state index is 12.8. The van der Waals surface area contributed by atoms with Gasteiger partial charge in [0.15, 0.2) is 5.76 Å². The lowest BCUT2D eigenvalue weighted by Gasteiger charge is -2.10. The molecular formula is C21H17N3O2. The number of hydrogen-bond donors (Lipinski definition) is 1. The van der Waals surface area contributed by atoms with Gasteiger partial charge in [-0.15, -0.1) is 0 Å². The number of pyridine rings is 2. The number of carbonyl (C=O) groups is 1. The van der Waals surface area contributed by atoms with Gasteiger partial charge >= 0.3 is 0 Å². The van der Waals surface area contributed by atoms with Crippen molar-refractivity contribution in [3.8, 4) is 11.5 Å². The van der Waals surface area contributed by atoms with Crippen LogP contribution in [0.2, 0.25) is 0 Å². The molecule has 4 aromatic rings. The number of nitrogens with one attached hydrogen (secondary N) is 1. The summed E-state index contributed by atoms with van der Waals surface area (Å²) in [6.07, 6.45) is 3.42. The van der Waals surface area contributed by atoms with Crippen LogP contribution < -0.4 is 5.32 Å². The maximum Gasteiger partial charge on any atom is 0.252 e. The third kappa shape index (κ3) is 3.19. The average Bonchev–Trinajstić information content (AvgIpc) is 3.12. The van der Waals surface area contributed by atoms with Gasteiger partial charge in [0, 0.05) is 24.3 Å². The van der Waals surface area contributed by atoms with Crippen molar-refractivity contribution < 1.29 is 9.21 Å². The third-order valence-electron chi connectivity index (χ3n) is 4.16. The molecule has 0 aliphatic carbocycles. The number of carbonyl (C=O) groups excluding carboxylic acids is 1. The second kappa shape index (κ2) is 6.80. The van der Waals surface area contributed by atoms with Gasteiger partial charge in [0.1, 0.15) is 11.5 Å². The van der Waals surface area contributed by atoms with E-state index >= 15 is 0 Å². The van der Waals surface area contributed by atoms with Gasteiger partial charge in [0.25, 0.3) is 5.91 Å². The molecule has 0 aliphatic rings. The van der Waals surface area contributed by atoms with Crippen LogP contribution >= 0.6 is 0 Å². The summed E-state index contributed by atoms with van der Waals surface area (Å²) >= 11 is 0. The highest BCUT2D eigenvalue weighted by Crippen LogP contribution is 2.26. The van der Waals surface area contributed by atoms with Gasteiger partial charge in [0.2, 0.25) is 0 Å². The van der Waals surface area contributed by atoms with E-state index in [4.69, 9.17) is 4.42 Å². The van der Waals surface area contributed by atoms with Crippen molar-refractivity contribution in [3.63, 3.8) is 0 Å². The molecule has 1 aromatic carbocycles. The van der Waals surface area contributed by atoms with Gasteiger partial charge in [-0.25, -0.2) is 4.98 Å². The van der Waals surface area contributed by atoms with E-state index in [1.54, 1.807) is 18.5 Å². The summed E-state index contributed by atoms with van der Waals surface area (Å²) in [6, 6.07) is 16.9. The minimum absolute atomic E-state index is 0.148. The highest BCUT2D eigenvalue weighted by atomic mass is 16.3. The molecule has 128 valence electrons. The molecule has 0 unspecified atom stereocenters. The van der Waals surface area contributed by atoms with Gasteiger partial charge < -0.3 is 9.73 Å². The largest absolute Gasteiger partial charge is 0.460 e. The molecular weight excluding hydrogens is 326 g/mol. The molecule has 4 rings (SSSR count). The topological polar surface area (TPSA) is 68.0 Å². The first-order valence-corrected chi connectivity index (χ1v) is 8.34. The lowest BCUT2D eigenvalue weighted by Crippen LogP contribution is -2.23. The number of fused-ring (bicyclic) bond motifs is 1. The molecule has 0 spiro atoms. The summed E-state index contributed by atoms with van der Waals surface area (Å²) in [5.74, 6) is 1.31. The normalized spacial score (nSPS) is 10.8. The first kappa shape index (κ1) is 16.0. The zero-order chi connectivity index (χ0) is 17.9. The molecule has 3 heterocycles. The Labute approximate surface area is 150 Å². The van der Waals surface area contributed by atoms with E-state index in [0.717, 1.165) is 22.2 Å². The van der Waals surface area contributed by atoms with Gasteiger partial charge in [-0.2, -0.15) is 0 Å². The lowest BCUT2D eigenvalue weighted by atomic mass is 10.1.